The van der Waals surface area contributed by atoms with Crippen molar-refractivity contribution in [3.05, 3.63) is 59.9 Å². The topological polar surface area (TPSA) is 21.3 Å². The Balaban J connectivity index is 2.04. The fourth-order valence-corrected chi connectivity index (χ4v) is 2.21. The third-order valence-corrected chi connectivity index (χ3v) is 3.33. The molecule has 0 aliphatic heterocycles. The van der Waals surface area contributed by atoms with Gasteiger partial charge in [-0.15, -0.1) is 0 Å². The second-order valence-corrected chi connectivity index (χ2v) is 5.03. The molecule has 1 atom stereocenters. The van der Waals surface area contributed by atoms with Crippen LogP contribution < -0.4 is 10.1 Å². The average molecular weight is 287 g/mol. The van der Waals surface area contributed by atoms with Crippen molar-refractivity contribution in [1.29, 1.82) is 0 Å². The molecule has 0 saturated carbocycles. The van der Waals surface area contributed by atoms with Crippen molar-refractivity contribution in [2.75, 3.05) is 11.9 Å². The molecule has 0 saturated heterocycles. The molecular weight excluding hydrogens is 265 g/mol. The molecule has 0 radical (unpaired) electrons. The molecule has 1 N–H and O–H groups in total. The van der Waals surface area contributed by atoms with Gasteiger partial charge in [0, 0.05) is 5.69 Å². The second-order valence-electron chi connectivity index (χ2n) is 5.03. The highest BCUT2D eigenvalue weighted by Crippen LogP contribution is 2.24. The summed E-state index contributed by atoms with van der Waals surface area (Å²) in [5.74, 6) is 0.678. The Bertz CT molecular complexity index is 553. The molecule has 0 aliphatic carbocycles. The smallest absolute Gasteiger partial charge is 0.123 e. The molecule has 2 aromatic carbocycles. The molecule has 0 fully saturated rings. The second kappa shape index (κ2) is 7.67. The summed E-state index contributed by atoms with van der Waals surface area (Å²) in [7, 11) is 0. The quantitative estimate of drug-likeness (QED) is 0.757. The number of anilines is 1. The fourth-order valence-electron chi connectivity index (χ4n) is 2.21. The van der Waals surface area contributed by atoms with Crippen molar-refractivity contribution in [3.8, 4) is 5.75 Å². The van der Waals surface area contributed by atoms with E-state index in [2.05, 4.69) is 19.2 Å². The Morgan fingerprint density at radius 3 is 2.48 bits per heavy atom. The fraction of sp³-hybridized carbons (Fsp3) is 0.333. The first kappa shape index (κ1) is 15.4. The summed E-state index contributed by atoms with van der Waals surface area (Å²) in [5, 5.41) is 3.43. The standard InChI is InChI=1S/C18H22FNO/c1-3-12-21-17-10-8-16(9-11-17)20-18(4-2)14-6-5-7-15(19)13-14/h5-11,13,18,20H,3-4,12H2,1-2H3. The van der Waals surface area contributed by atoms with E-state index < -0.39 is 0 Å². The van der Waals surface area contributed by atoms with Crippen LogP contribution in [0, 0.1) is 5.82 Å². The molecule has 0 bridgehead atoms. The van der Waals surface area contributed by atoms with Gasteiger partial charge < -0.3 is 10.1 Å². The Morgan fingerprint density at radius 2 is 1.86 bits per heavy atom. The van der Waals surface area contributed by atoms with Crippen LogP contribution in [0.5, 0.6) is 5.75 Å². The number of nitrogens with one attached hydrogen (secondary N) is 1. The van der Waals surface area contributed by atoms with Crippen molar-refractivity contribution >= 4 is 5.69 Å². The zero-order chi connectivity index (χ0) is 15.1. The van der Waals surface area contributed by atoms with Gasteiger partial charge in [-0.25, -0.2) is 4.39 Å². The molecule has 0 aromatic heterocycles. The zero-order valence-electron chi connectivity index (χ0n) is 12.6. The van der Waals surface area contributed by atoms with Crippen LogP contribution in [-0.2, 0) is 0 Å². The zero-order valence-corrected chi connectivity index (χ0v) is 12.6. The Morgan fingerprint density at radius 1 is 1.10 bits per heavy atom. The first-order valence-electron chi connectivity index (χ1n) is 7.47. The first-order chi connectivity index (χ1) is 10.2. The van der Waals surface area contributed by atoms with Gasteiger partial charge in [0.05, 0.1) is 12.6 Å². The number of ether oxygens (including phenoxy) is 1. The lowest BCUT2D eigenvalue weighted by molar-refractivity contribution is 0.317. The maximum Gasteiger partial charge on any atom is 0.123 e. The van der Waals surface area contributed by atoms with Crippen LogP contribution in [0.3, 0.4) is 0 Å². The van der Waals surface area contributed by atoms with Crippen LogP contribution in [0.15, 0.2) is 48.5 Å². The molecule has 0 amide bonds. The van der Waals surface area contributed by atoms with Gasteiger partial charge in [-0.2, -0.15) is 0 Å². The van der Waals surface area contributed by atoms with Crippen molar-refractivity contribution in [1.82, 2.24) is 0 Å². The summed E-state index contributed by atoms with van der Waals surface area (Å²) in [6, 6.07) is 14.7. The lowest BCUT2D eigenvalue weighted by Gasteiger charge is -2.19. The normalized spacial score (nSPS) is 12.0. The third-order valence-electron chi connectivity index (χ3n) is 3.33. The van der Waals surface area contributed by atoms with Gasteiger partial charge in [-0.05, 0) is 54.8 Å². The van der Waals surface area contributed by atoms with Crippen LogP contribution in [0.4, 0.5) is 10.1 Å². The van der Waals surface area contributed by atoms with Gasteiger partial charge in [0.2, 0.25) is 0 Å². The van der Waals surface area contributed by atoms with Gasteiger partial charge in [0.15, 0.2) is 0 Å². The minimum Gasteiger partial charge on any atom is -0.494 e. The molecule has 0 spiro atoms. The van der Waals surface area contributed by atoms with E-state index in [1.807, 2.05) is 30.3 Å². The van der Waals surface area contributed by atoms with Crippen molar-refractivity contribution in [2.45, 2.75) is 32.7 Å². The lowest BCUT2D eigenvalue weighted by Crippen LogP contribution is -2.09. The molecule has 1 unspecified atom stereocenters. The van der Waals surface area contributed by atoms with Crippen molar-refractivity contribution in [3.63, 3.8) is 0 Å². The van der Waals surface area contributed by atoms with E-state index in [-0.39, 0.29) is 11.9 Å². The highest BCUT2D eigenvalue weighted by atomic mass is 19.1. The summed E-state index contributed by atoms with van der Waals surface area (Å²) in [5.41, 5.74) is 1.97. The Hall–Kier alpha value is -2.03. The molecule has 3 heteroatoms. The maximum absolute atomic E-state index is 13.3. The van der Waals surface area contributed by atoms with Crippen LogP contribution in [0.2, 0.25) is 0 Å². The molecule has 2 aromatic rings. The van der Waals surface area contributed by atoms with E-state index in [0.29, 0.717) is 0 Å². The number of rotatable bonds is 7. The largest absolute Gasteiger partial charge is 0.494 e. The van der Waals surface area contributed by atoms with Gasteiger partial charge in [-0.3, -0.25) is 0 Å². The van der Waals surface area contributed by atoms with Crippen LogP contribution in [0.25, 0.3) is 0 Å². The molecule has 0 heterocycles. The summed E-state index contributed by atoms with van der Waals surface area (Å²) in [6.45, 7) is 4.90. The van der Waals surface area contributed by atoms with Gasteiger partial charge in [-0.1, -0.05) is 26.0 Å². The molecular formula is C18H22FNO. The molecule has 2 nitrogen and oxygen atoms in total. The lowest BCUT2D eigenvalue weighted by atomic mass is 10.0. The number of hydrogen-bond acceptors (Lipinski definition) is 2. The van der Waals surface area contributed by atoms with Crippen molar-refractivity contribution < 1.29 is 9.13 Å². The third kappa shape index (κ3) is 4.48. The summed E-state index contributed by atoms with van der Waals surface area (Å²) in [6.07, 6.45) is 1.88. The van der Waals surface area contributed by atoms with Crippen LogP contribution >= 0.6 is 0 Å². The summed E-state index contributed by atoms with van der Waals surface area (Å²) < 4.78 is 18.9. The predicted molar refractivity (Wildman–Crippen MR) is 85.3 cm³/mol. The molecule has 112 valence electrons. The molecule has 21 heavy (non-hydrogen) atoms. The van der Waals surface area contributed by atoms with E-state index in [0.717, 1.165) is 36.4 Å². The van der Waals surface area contributed by atoms with E-state index >= 15 is 0 Å². The van der Waals surface area contributed by atoms with Crippen LogP contribution in [0.1, 0.15) is 38.3 Å². The highest BCUT2D eigenvalue weighted by Gasteiger charge is 2.09. The van der Waals surface area contributed by atoms with Gasteiger partial charge >= 0.3 is 0 Å². The van der Waals surface area contributed by atoms with Crippen LogP contribution in [-0.4, -0.2) is 6.61 Å². The predicted octanol–water partition coefficient (Wildman–Crippen LogP) is 5.18. The SMILES string of the molecule is CCCOc1ccc(NC(CC)c2cccc(F)c2)cc1. The van der Waals surface area contributed by atoms with E-state index in [1.54, 1.807) is 12.1 Å². The van der Waals surface area contributed by atoms with Gasteiger partial charge in [0.1, 0.15) is 11.6 Å². The highest BCUT2D eigenvalue weighted by molar-refractivity contribution is 5.48. The minimum atomic E-state index is -0.198. The van der Waals surface area contributed by atoms with E-state index in [1.165, 1.54) is 6.07 Å². The molecule has 0 aliphatic rings. The number of halogens is 1. The van der Waals surface area contributed by atoms with Crippen molar-refractivity contribution in [2.24, 2.45) is 0 Å². The minimum absolute atomic E-state index is 0.100. The number of hydrogen-bond donors (Lipinski definition) is 1. The molecule has 2 rings (SSSR count). The Kier molecular flexibility index (Phi) is 5.61. The Labute approximate surface area is 126 Å². The monoisotopic (exact) mass is 287 g/mol. The summed E-state index contributed by atoms with van der Waals surface area (Å²) in [4.78, 5) is 0. The number of benzene rings is 2. The van der Waals surface area contributed by atoms with Gasteiger partial charge in [0.25, 0.3) is 0 Å². The average Bonchev–Trinajstić information content (AvgIpc) is 2.51. The first-order valence-corrected chi connectivity index (χ1v) is 7.47. The summed E-state index contributed by atoms with van der Waals surface area (Å²) >= 11 is 0. The van der Waals surface area contributed by atoms with E-state index in [9.17, 15) is 4.39 Å². The van der Waals surface area contributed by atoms with E-state index in [4.69, 9.17) is 4.74 Å². The maximum atomic E-state index is 13.3.